The van der Waals surface area contributed by atoms with Crippen LogP contribution in [0, 0.1) is 20.8 Å². The number of aryl methyl sites for hydroxylation is 3. The lowest BCUT2D eigenvalue weighted by Gasteiger charge is -2.12. The molecule has 1 N–H and O–H groups in total. The third kappa shape index (κ3) is 3.94. The van der Waals surface area contributed by atoms with Crippen LogP contribution in [0.2, 0.25) is 0 Å². The van der Waals surface area contributed by atoms with E-state index in [4.69, 9.17) is 4.74 Å². The molecule has 0 aliphatic carbocycles. The molecule has 0 spiro atoms. The second-order valence-corrected chi connectivity index (χ2v) is 6.41. The van der Waals surface area contributed by atoms with Crippen LogP contribution in [-0.4, -0.2) is 15.7 Å². The lowest BCUT2D eigenvalue weighted by atomic mass is 10.1. The van der Waals surface area contributed by atoms with E-state index in [-0.39, 0.29) is 12.3 Å². The first-order valence-electron chi connectivity index (χ1n) is 8.56. The van der Waals surface area contributed by atoms with Gasteiger partial charge in [-0.3, -0.25) is 9.48 Å². The number of para-hydroxylation sites is 2. The van der Waals surface area contributed by atoms with Crippen molar-refractivity contribution >= 4 is 11.6 Å². The van der Waals surface area contributed by atoms with Crippen LogP contribution in [0.3, 0.4) is 0 Å². The zero-order chi connectivity index (χ0) is 18.7. The Morgan fingerprint density at radius 3 is 2.42 bits per heavy atom. The maximum atomic E-state index is 12.5. The van der Waals surface area contributed by atoms with Gasteiger partial charge >= 0.3 is 0 Å². The normalized spacial score (nSPS) is 10.6. The Morgan fingerprint density at radius 2 is 1.77 bits per heavy atom. The monoisotopic (exact) mass is 349 g/mol. The molecule has 5 nitrogen and oxygen atoms in total. The fourth-order valence-electron chi connectivity index (χ4n) is 2.82. The molecular formula is C21H23N3O2. The van der Waals surface area contributed by atoms with Crippen LogP contribution in [0.5, 0.6) is 11.5 Å². The Balaban J connectivity index is 1.75. The predicted octanol–water partition coefficient (Wildman–Crippen LogP) is 4.32. The highest BCUT2D eigenvalue weighted by molar-refractivity contribution is 5.94. The first-order chi connectivity index (χ1) is 12.4. The molecule has 0 fully saturated rings. The van der Waals surface area contributed by atoms with Crippen LogP contribution in [-0.2, 0) is 18.3 Å². The van der Waals surface area contributed by atoms with Gasteiger partial charge in [-0.15, -0.1) is 0 Å². The van der Waals surface area contributed by atoms with Gasteiger partial charge in [-0.1, -0.05) is 29.8 Å². The minimum absolute atomic E-state index is 0.0934. The lowest BCUT2D eigenvalue weighted by molar-refractivity contribution is -0.115. The Morgan fingerprint density at radius 1 is 1.08 bits per heavy atom. The van der Waals surface area contributed by atoms with Crippen LogP contribution in [0.1, 0.15) is 22.5 Å². The molecule has 0 saturated heterocycles. The first-order valence-corrected chi connectivity index (χ1v) is 8.56. The number of amides is 1. The molecule has 2 aromatic carbocycles. The van der Waals surface area contributed by atoms with E-state index in [1.165, 1.54) is 5.56 Å². The highest BCUT2D eigenvalue weighted by Gasteiger charge is 2.15. The summed E-state index contributed by atoms with van der Waals surface area (Å²) in [6.07, 6.45) is 0.282. The SMILES string of the molecule is Cc1ccc(Oc2ccccc2NC(=O)Cc2c(C)nn(C)c2C)cc1. The second-order valence-electron chi connectivity index (χ2n) is 6.41. The number of hydrogen-bond acceptors (Lipinski definition) is 3. The predicted molar refractivity (Wildman–Crippen MR) is 103 cm³/mol. The van der Waals surface area contributed by atoms with Gasteiger partial charge < -0.3 is 10.1 Å². The average Bonchev–Trinajstić information content (AvgIpc) is 2.85. The molecule has 0 unspecified atom stereocenters. The molecule has 0 saturated carbocycles. The van der Waals surface area contributed by atoms with E-state index >= 15 is 0 Å². The van der Waals surface area contributed by atoms with Crippen LogP contribution in [0.4, 0.5) is 5.69 Å². The summed E-state index contributed by atoms with van der Waals surface area (Å²) < 4.78 is 7.73. The van der Waals surface area contributed by atoms with Crippen LogP contribution >= 0.6 is 0 Å². The van der Waals surface area contributed by atoms with Gasteiger partial charge in [0.25, 0.3) is 0 Å². The van der Waals surface area contributed by atoms with Crippen molar-refractivity contribution in [2.24, 2.45) is 7.05 Å². The highest BCUT2D eigenvalue weighted by atomic mass is 16.5. The number of nitrogens with one attached hydrogen (secondary N) is 1. The molecule has 1 aromatic heterocycles. The van der Waals surface area contributed by atoms with Crippen molar-refractivity contribution in [1.29, 1.82) is 0 Å². The Hall–Kier alpha value is -3.08. The number of carbonyl (C=O) groups is 1. The maximum absolute atomic E-state index is 12.5. The molecule has 0 bridgehead atoms. The van der Waals surface area contributed by atoms with Gasteiger partial charge in [0.15, 0.2) is 5.75 Å². The van der Waals surface area contributed by atoms with Gasteiger partial charge in [0, 0.05) is 18.3 Å². The first kappa shape index (κ1) is 17.7. The van der Waals surface area contributed by atoms with Gasteiger partial charge in [0.2, 0.25) is 5.91 Å². The smallest absolute Gasteiger partial charge is 0.229 e. The summed E-state index contributed by atoms with van der Waals surface area (Å²) in [7, 11) is 1.88. The van der Waals surface area contributed by atoms with E-state index in [0.717, 1.165) is 22.7 Å². The fraction of sp³-hybridized carbons (Fsp3) is 0.238. The van der Waals surface area contributed by atoms with Gasteiger partial charge in [-0.2, -0.15) is 5.10 Å². The van der Waals surface area contributed by atoms with E-state index in [1.54, 1.807) is 4.68 Å². The van der Waals surface area contributed by atoms with Crippen LogP contribution in [0.25, 0.3) is 0 Å². The summed E-state index contributed by atoms with van der Waals surface area (Å²) in [4.78, 5) is 12.5. The number of hydrogen-bond donors (Lipinski definition) is 1. The minimum atomic E-state index is -0.0934. The van der Waals surface area contributed by atoms with Gasteiger partial charge in [0.1, 0.15) is 5.75 Å². The summed E-state index contributed by atoms with van der Waals surface area (Å²) in [5.74, 6) is 1.25. The third-order valence-electron chi connectivity index (χ3n) is 4.41. The van der Waals surface area contributed by atoms with Crippen LogP contribution < -0.4 is 10.1 Å². The average molecular weight is 349 g/mol. The standard InChI is InChI=1S/C21H23N3O2/c1-14-9-11-17(12-10-14)26-20-8-6-5-7-19(20)22-21(25)13-18-15(2)23-24(4)16(18)3/h5-12H,13H2,1-4H3,(H,22,25). The Bertz CT molecular complexity index is 927. The number of ether oxygens (including phenoxy) is 1. The Labute approximate surface area is 153 Å². The number of aromatic nitrogens is 2. The molecule has 1 amide bonds. The van der Waals surface area contributed by atoms with Crippen molar-refractivity contribution in [2.45, 2.75) is 27.2 Å². The molecule has 26 heavy (non-hydrogen) atoms. The zero-order valence-corrected chi connectivity index (χ0v) is 15.5. The summed E-state index contributed by atoms with van der Waals surface area (Å²) in [6, 6.07) is 15.2. The molecule has 0 radical (unpaired) electrons. The zero-order valence-electron chi connectivity index (χ0n) is 15.5. The number of benzene rings is 2. The van der Waals surface area contributed by atoms with Crippen molar-refractivity contribution in [2.75, 3.05) is 5.32 Å². The highest BCUT2D eigenvalue weighted by Crippen LogP contribution is 2.29. The van der Waals surface area contributed by atoms with Gasteiger partial charge in [0.05, 0.1) is 17.8 Å². The Kier molecular flexibility index (Phi) is 5.07. The topological polar surface area (TPSA) is 56.1 Å². The number of carbonyl (C=O) groups excluding carboxylic acids is 1. The van der Waals surface area contributed by atoms with Crippen molar-refractivity contribution in [3.8, 4) is 11.5 Å². The molecule has 0 aliphatic heterocycles. The summed E-state index contributed by atoms with van der Waals surface area (Å²) >= 11 is 0. The van der Waals surface area contributed by atoms with E-state index < -0.39 is 0 Å². The molecule has 134 valence electrons. The van der Waals surface area contributed by atoms with Crippen molar-refractivity contribution < 1.29 is 9.53 Å². The quantitative estimate of drug-likeness (QED) is 0.746. The van der Waals surface area contributed by atoms with E-state index in [0.29, 0.717) is 11.4 Å². The third-order valence-corrected chi connectivity index (χ3v) is 4.41. The number of rotatable bonds is 5. The summed E-state index contributed by atoms with van der Waals surface area (Å²) in [5, 5.41) is 7.32. The molecule has 1 heterocycles. The maximum Gasteiger partial charge on any atom is 0.229 e. The molecule has 5 heteroatoms. The molecular weight excluding hydrogens is 326 g/mol. The second kappa shape index (κ2) is 7.44. The molecule has 0 aliphatic rings. The van der Waals surface area contributed by atoms with Gasteiger partial charge in [-0.05, 0) is 45.0 Å². The van der Waals surface area contributed by atoms with E-state index in [1.807, 2.05) is 76.3 Å². The minimum Gasteiger partial charge on any atom is -0.455 e. The van der Waals surface area contributed by atoms with Crippen molar-refractivity contribution in [3.05, 3.63) is 71.0 Å². The fourth-order valence-corrected chi connectivity index (χ4v) is 2.82. The molecule has 3 rings (SSSR count). The van der Waals surface area contributed by atoms with E-state index in [9.17, 15) is 4.79 Å². The number of nitrogens with zero attached hydrogens (tertiary/aromatic N) is 2. The molecule has 0 atom stereocenters. The summed E-state index contributed by atoms with van der Waals surface area (Å²) in [6.45, 7) is 5.92. The van der Waals surface area contributed by atoms with Crippen molar-refractivity contribution in [3.63, 3.8) is 0 Å². The van der Waals surface area contributed by atoms with Crippen LogP contribution in [0.15, 0.2) is 48.5 Å². The largest absolute Gasteiger partial charge is 0.455 e. The van der Waals surface area contributed by atoms with Crippen molar-refractivity contribution in [1.82, 2.24) is 9.78 Å². The van der Waals surface area contributed by atoms with Gasteiger partial charge in [-0.25, -0.2) is 0 Å². The molecule has 3 aromatic rings. The summed E-state index contributed by atoms with van der Waals surface area (Å²) in [5.41, 5.74) is 4.66. The number of anilines is 1. The van der Waals surface area contributed by atoms with E-state index in [2.05, 4.69) is 10.4 Å². The lowest BCUT2D eigenvalue weighted by Crippen LogP contribution is -2.15.